The molecule has 0 aliphatic heterocycles. The lowest BCUT2D eigenvalue weighted by molar-refractivity contribution is -0.384. The molecule has 7 heteroatoms. The molecule has 1 N–H and O–H groups in total. The van der Waals surface area contributed by atoms with Crippen LogP contribution in [0.2, 0.25) is 0 Å². The summed E-state index contributed by atoms with van der Waals surface area (Å²) in [6, 6.07) is 6.89. The molecule has 2 amide bonds. The molecule has 0 spiro atoms. The van der Waals surface area contributed by atoms with E-state index in [1.54, 1.807) is 13.8 Å². The van der Waals surface area contributed by atoms with Gasteiger partial charge in [-0.3, -0.25) is 10.1 Å². The molecule has 0 aromatic heterocycles. The fourth-order valence-electron chi connectivity index (χ4n) is 1.43. The lowest BCUT2D eigenvalue weighted by Crippen LogP contribution is -2.40. The van der Waals surface area contributed by atoms with Crippen LogP contribution in [0.5, 0.6) is 0 Å². The Bertz CT molecular complexity index is 505. The third kappa shape index (κ3) is 3.96. The van der Waals surface area contributed by atoms with Crippen LogP contribution in [0.4, 0.5) is 16.2 Å². The van der Waals surface area contributed by atoms with Crippen LogP contribution in [0.15, 0.2) is 24.3 Å². The molecule has 0 radical (unpaired) electrons. The second kappa shape index (κ2) is 6.35. The van der Waals surface area contributed by atoms with Crippen molar-refractivity contribution in [1.29, 1.82) is 5.26 Å². The zero-order chi connectivity index (χ0) is 14.4. The molecule has 0 unspecified atom stereocenters. The van der Waals surface area contributed by atoms with Crippen molar-refractivity contribution in [3.05, 3.63) is 34.4 Å². The summed E-state index contributed by atoms with van der Waals surface area (Å²) in [6.07, 6.45) is 0. The van der Waals surface area contributed by atoms with Gasteiger partial charge < -0.3 is 10.2 Å². The Morgan fingerprint density at radius 1 is 1.47 bits per heavy atom. The van der Waals surface area contributed by atoms with Gasteiger partial charge in [0.15, 0.2) is 0 Å². The first-order valence-electron chi connectivity index (χ1n) is 5.64. The predicted octanol–water partition coefficient (Wildman–Crippen LogP) is 2.36. The summed E-state index contributed by atoms with van der Waals surface area (Å²) in [5.41, 5.74) is 0.398. The molecule has 0 heterocycles. The molecule has 100 valence electrons. The largest absolute Gasteiger partial charge is 0.322 e. The van der Waals surface area contributed by atoms with E-state index in [1.165, 1.54) is 29.2 Å². The van der Waals surface area contributed by atoms with Crippen LogP contribution in [-0.2, 0) is 0 Å². The standard InChI is InChI=1S/C12H14N4O3/c1-9(2)15(8-7-13)12(17)14-10-3-5-11(6-4-10)16(18)19/h3-6,9H,8H2,1-2H3,(H,14,17). The molecule has 0 aliphatic carbocycles. The Morgan fingerprint density at radius 2 is 2.05 bits per heavy atom. The molecule has 19 heavy (non-hydrogen) atoms. The van der Waals surface area contributed by atoms with Gasteiger partial charge in [-0.1, -0.05) is 0 Å². The number of urea groups is 1. The Kier molecular flexibility index (Phi) is 4.83. The van der Waals surface area contributed by atoms with E-state index in [0.29, 0.717) is 5.69 Å². The number of nitro groups is 1. The van der Waals surface area contributed by atoms with Crippen molar-refractivity contribution in [3.8, 4) is 6.07 Å². The van der Waals surface area contributed by atoms with Crippen LogP contribution in [0.25, 0.3) is 0 Å². The first-order chi connectivity index (χ1) is 8.95. The van der Waals surface area contributed by atoms with Crippen molar-refractivity contribution in [2.75, 3.05) is 11.9 Å². The number of hydrogen-bond acceptors (Lipinski definition) is 4. The van der Waals surface area contributed by atoms with Gasteiger partial charge in [-0.25, -0.2) is 4.79 Å². The first-order valence-corrected chi connectivity index (χ1v) is 5.64. The van der Waals surface area contributed by atoms with Gasteiger partial charge in [0.2, 0.25) is 0 Å². The summed E-state index contributed by atoms with van der Waals surface area (Å²) < 4.78 is 0. The van der Waals surface area contributed by atoms with Gasteiger partial charge in [0.25, 0.3) is 5.69 Å². The average Bonchev–Trinajstić information content (AvgIpc) is 2.36. The van der Waals surface area contributed by atoms with Gasteiger partial charge in [-0.05, 0) is 26.0 Å². The lowest BCUT2D eigenvalue weighted by atomic mass is 10.3. The maximum Gasteiger partial charge on any atom is 0.322 e. The smallest absolute Gasteiger partial charge is 0.309 e. The predicted molar refractivity (Wildman–Crippen MR) is 69.6 cm³/mol. The van der Waals surface area contributed by atoms with Crippen molar-refractivity contribution in [1.82, 2.24) is 4.90 Å². The summed E-state index contributed by atoms with van der Waals surface area (Å²) in [5, 5.41) is 21.7. The van der Waals surface area contributed by atoms with E-state index >= 15 is 0 Å². The number of hydrogen-bond donors (Lipinski definition) is 1. The highest BCUT2D eigenvalue weighted by atomic mass is 16.6. The first kappa shape index (κ1) is 14.4. The van der Waals surface area contributed by atoms with E-state index < -0.39 is 11.0 Å². The molecule has 0 saturated heterocycles. The van der Waals surface area contributed by atoms with E-state index in [0.717, 1.165) is 0 Å². The molecule has 1 aromatic carbocycles. The molecular formula is C12H14N4O3. The van der Waals surface area contributed by atoms with Crippen molar-refractivity contribution in [3.63, 3.8) is 0 Å². The highest BCUT2D eigenvalue weighted by molar-refractivity contribution is 5.89. The SMILES string of the molecule is CC(C)N(CC#N)C(=O)Nc1ccc([N+](=O)[O-])cc1. The van der Waals surface area contributed by atoms with Gasteiger partial charge >= 0.3 is 6.03 Å². The number of benzene rings is 1. The zero-order valence-electron chi connectivity index (χ0n) is 10.7. The number of nitrogens with one attached hydrogen (secondary N) is 1. The molecule has 1 rings (SSSR count). The molecule has 0 aliphatic rings. The maximum atomic E-state index is 11.9. The van der Waals surface area contributed by atoms with E-state index in [9.17, 15) is 14.9 Å². The second-order valence-electron chi connectivity index (χ2n) is 4.11. The third-order valence-corrected chi connectivity index (χ3v) is 2.45. The number of rotatable bonds is 4. The number of nitro benzene ring substituents is 1. The van der Waals surface area contributed by atoms with Crippen molar-refractivity contribution >= 4 is 17.4 Å². The monoisotopic (exact) mass is 262 g/mol. The highest BCUT2D eigenvalue weighted by Gasteiger charge is 2.16. The number of carbonyl (C=O) groups is 1. The van der Waals surface area contributed by atoms with Gasteiger partial charge in [0.05, 0.1) is 11.0 Å². The topological polar surface area (TPSA) is 99.3 Å². The Balaban J connectivity index is 2.76. The molecule has 0 saturated carbocycles. The number of amides is 2. The quantitative estimate of drug-likeness (QED) is 0.511. The number of nitriles is 1. The van der Waals surface area contributed by atoms with Crippen LogP contribution >= 0.6 is 0 Å². The van der Waals surface area contributed by atoms with Gasteiger partial charge in [0, 0.05) is 23.9 Å². The summed E-state index contributed by atoms with van der Waals surface area (Å²) in [7, 11) is 0. The molecule has 7 nitrogen and oxygen atoms in total. The second-order valence-corrected chi connectivity index (χ2v) is 4.11. The van der Waals surface area contributed by atoms with Gasteiger partial charge in [-0.15, -0.1) is 0 Å². The van der Waals surface area contributed by atoms with Crippen LogP contribution in [-0.4, -0.2) is 28.4 Å². The lowest BCUT2D eigenvalue weighted by Gasteiger charge is -2.23. The Labute approximate surface area is 110 Å². The van der Waals surface area contributed by atoms with E-state index in [1.807, 2.05) is 6.07 Å². The minimum Gasteiger partial charge on any atom is -0.309 e. The average molecular weight is 262 g/mol. The van der Waals surface area contributed by atoms with Crippen LogP contribution in [0.1, 0.15) is 13.8 Å². The van der Waals surface area contributed by atoms with Gasteiger partial charge in [-0.2, -0.15) is 5.26 Å². The molecular weight excluding hydrogens is 248 g/mol. The summed E-state index contributed by atoms with van der Waals surface area (Å²) in [4.78, 5) is 23.2. The molecule has 1 aromatic rings. The van der Waals surface area contributed by atoms with Crippen LogP contribution in [0.3, 0.4) is 0 Å². The molecule has 0 fully saturated rings. The molecule has 0 bridgehead atoms. The van der Waals surface area contributed by atoms with Crippen LogP contribution < -0.4 is 5.32 Å². The summed E-state index contributed by atoms with van der Waals surface area (Å²) >= 11 is 0. The molecule has 0 atom stereocenters. The van der Waals surface area contributed by atoms with Crippen LogP contribution in [0, 0.1) is 21.4 Å². The fourth-order valence-corrected chi connectivity index (χ4v) is 1.43. The third-order valence-electron chi connectivity index (χ3n) is 2.45. The fraction of sp³-hybridized carbons (Fsp3) is 0.333. The normalized spacial score (nSPS) is 9.79. The Morgan fingerprint density at radius 3 is 2.47 bits per heavy atom. The maximum absolute atomic E-state index is 11.9. The number of anilines is 1. The Hall–Kier alpha value is -2.62. The number of carbonyl (C=O) groups excluding carboxylic acids is 1. The van der Waals surface area contributed by atoms with E-state index in [4.69, 9.17) is 5.26 Å². The van der Waals surface area contributed by atoms with E-state index in [-0.39, 0.29) is 18.3 Å². The van der Waals surface area contributed by atoms with Gasteiger partial charge in [0.1, 0.15) is 6.54 Å². The summed E-state index contributed by atoms with van der Waals surface area (Å²) in [6.45, 7) is 3.58. The zero-order valence-corrected chi connectivity index (χ0v) is 10.7. The van der Waals surface area contributed by atoms with Crippen molar-refractivity contribution < 1.29 is 9.72 Å². The van der Waals surface area contributed by atoms with E-state index in [2.05, 4.69) is 5.32 Å². The number of nitrogens with zero attached hydrogens (tertiary/aromatic N) is 3. The summed E-state index contributed by atoms with van der Waals surface area (Å²) in [5.74, 6) is 0. The minimum atomic E-state index is -0.512. The highest BCUT2D eigenvalue weighted by Crippen LogP contribution is 2.16. The van der Waals surface area contributed by atoms with Crippen molar-refractivity contribution in [2.24, 2.45) is 0 Å². The number of non-ortho nitro benzene ring substituents is 1. The minimum absolute atomic E-state index is 0.0174. The van der Waals surface area contributed by atoms with Crippen molar-refractivity contribution in [2.45, 2.75) is 19.9 Å².